The van der Waals surface area contributed by atoms with Gasteiger partial charge in [0.05, 0.1) is 83.7 Å². The maximum absolute atomic E-state index is 13.5. The number of esters is 2. The predicted molar refractivity (Wildman–Crippen MR) is 285 cm³/mol. The summed E-state index contributed by atoms with van der Waals surface area (Å²) < 4.78 is 64.1. The van der Waals surface area contributed by atoms with Gasteiger partial charge < -0.3 is 81.5 Å². The Morgan fingerprint density at radius 3 is 1.74 bits per heavy atom. The summed E-state index contributed by atoms with van der Waals surface area (Å²) in [5.41, 5.74) is 2.33. The first kappa shape index (κ1) is 59.8. The summed E-state index contributed by atoms with van der Waals surface area (Å²) in [6, 6.07) is 16.4. The topological polar surface area (TPSA) is 196 Å². The number of likely N-dealkylation sites (N-methyl/N-ethyl adjacent to an activating group) is 2. The van der Waals surface area contributed by atoms with Crippen LogP contribution < -0.4 is 47.4 Å². The van der Waals surface area contributed by atoms with E-state index in [9.17, 15) is 19.9 Å². The van der Waals surface area contributed by atoms with Crippen LogP contribution in [0.15, 0.2) is 66.7 Å². The Morgan fingerprint density at radius 2 is 1.22 bits per heavy atom. The zero-order valence-corrected chi connectivity index (χ0v) is 46.3. The van der Waals surface area contributed by atoms with Crippen molar-refractivity contribution in [2.75, 3.05) is 98.3 Å². The summed E-state index contributed by atoms with van der Waals surface area (Å²) in [6.45, 7) is 14.2. The summed E-state index contributed by atoms with van der Waals surface area (Å²) in [5.74, 6) is 3.69. The van der Waals surface area contributed by atoms with Crippen LogP contribution in [-0.4, -0.2) is 155 Å². The van der Waals surface area contributed by atoms with Crippen molar-refractivity contribution in [2.45, 2.75) is 81.9 Å². The third kappa shape index (κ3) is 13.5. The lowest BCUT2D eigenvalue weighted by atomic mass is 9.77. The molecule has 2 aliphatic heterocycles. The second-order valence-corrected chi connectivity index (χ2v) is 18.9. The molecule has 2 fully saturated rings. The lowest BCUT2D eigenvalue weighted by Crippen LogP contribution is -2.57. The number of aliphatic hydroxyl groups is 1. The van der Waals surface area contributed by atoms with Crippen LogP contribution in [0.5, 0.6) is 57.5 Å². The molecule has 0 aliphatic carbocycles. The SMILES string of the molecule is COc1cc(/C=C/C(=O)O[C@@H]2C3CC(OC(=O)c4cc(OC)c(OC)c(OC)c4)CC([C@@H]2O)[N@@+]3(C)[O-])cc(OC)c1OC.[C-]#[N+]C(CCCN(C)CCc1ccc(OC)c(OC)c1)(c1ccc(OC)c(OC)c1)C(C)C. The number of fused-ring (bicyclic) bond motifs is 2. The molecular weight excluding hydrogens is 983 g/mol. The number of piperidine rings is 1. The first-order valence-electron chi connectivity index (χ1n) is 24.8. The highest BCUT2D eigenvalue weighted by atomic mass is 16.6. The lowest BCUT2D eigenvalue weighted by molar-refractivity contribution is -0.906. The van der Waals surface area contributed by atoms with Gasteiger partial charge in [-0.15, -0.1) is 0 Å². The highest BCUT2D eigenvalue weighted by molar-refractivity contribution is 5.91. The molecule has 2 bridgehead atoms. The molecule has 0 amide bonds. The molecule has 2 aliphatic rings. The van der Waals surface area contributed by atoms with E-state index >= 15 is 0 Å². The van der Waals surface area contributed by atoms with Crippen molar-refractivity contribution < 1.29 is 76.2 Å². The standard InChI is InChI=1S/C30H37NO12.C27H38N2O4/c1-31(35)19-14-18(42-30(34)17-12-23(38-4)29(41-7)24(13-17)39-5)15-20(31)27(26(19)33)43-25(32)9-8-16-10-21(36-2)28(40-6)22(11-16)37-3;1-20(2)27(28-3,22-11-13-24(31-6)26(19-22)33-8)15-9-16-29(4)17-14-21-10-12-23(30-5)25(18-21)32-7/h8-13,18-20,26-27,33H,14-15H2,1-7H3;10-13,18-20H,9,14-17H2,1-2,4-8H3/b9-8+;/t18?,19?,20?,26-,27+,31+;/m0./s1. The quantitative estimate of drug-likeness (QED) is 0.0232. The number of hydroxylamine groups is 3. The molecule has 2 heterocycles. The van der Waals surface area contributed by atoms with E-state index in [1.165, 1.54) is 79.6 Å². The zero-order chi connectivity index (χ0) is 55.9. The van der Waals surface area contributed by atoms with Gasteiger partial charge in [-0.2, -0.15) is 0 Å². The van der Waals surface area contributed by atoms with Crippen molar-refractivity contribution in [1.82, 2.24) is 4.90 Å². The summed E-state index contributed by atoms with van der Waals surface area (Å²) in [4.78, 5) is 32.4. The molecule has 0 spiro atoms. The fraction of sp³-hybridized carbons (Fsp3) is 0.491. The smallest absolute Gasteiger partial charge is 0.338 e. The minimum atomic E-state index is -1.25. The summed E-state index contributed by atoms with van der Waals surface area (Å²) in [6.07, 6.45) is 2.42. The molecule has 4 aromatic carbocycles. The molecule has 1 N–H and O–H groups in total. The van der Waals surface area contributed by atoms with Crippen LogP contribution in [0.4, 0.5) is 0 Å². The van der Waals surface area contributed by atoms with E-state index < -0.39 is 52.5 Å². The second-order valence-electron chi connectivity index (χ2n) is 18.9. The lowest BCUT2D eigenvalue weighted by Gasteiger charge is -2.49. The largest absolute Gasteiger partial charge is 0.632 e. The number of nitrogens with zero attached hydrogens (tertiary/aromatic N) is 3. The van der Waals surface area contributed by atoms with E-state index in [1.807, 2.05) is 30.3 Å². The van der Waals surface area contributed by atoms with Crippen molar-refractivity contribution in [3.8, 4) is 57.5 Å². The second kappa shape index (κ2) is 27.1. The number of carbonyl (C=O) groups is 2. The highest BCUT2D eigenvalue weighted by Crippen LogP contribution is 2.45. The molecule has 0 radical (unpaired) electrons. The zero-order valence-electron chi connectivity index (χ0n) is 46.3. The van der Waals surface area contributed by atoms with Gasteiger partial charge in [0.2, 0.25) is 11.5 Å². The van der Waals surface area contributed by atoms with Crippen LogP contribution in [-0.2, 0) is 26.2 Å². The number of aliphatic hydroxyl groups excluding tert-OH is 1. The Bertz CT molecular complexity index is 2620. The van der Waals surface area contributed by atoms with Gasteiger partial charge in [-0.3, -0.25) is 0 Å². The maximum atomic E-state index is 13.5. The van der Waals surface area contributed by atoms with E-state index in [4.69, 9.17) is 63.4 Å². The Morgan fingerprint density at radius 1 is 0.711 bits per heavy atom. The van der Waals surface area contributed by atoms with Crippen LogP contribution >= 0.6 is 0 Å². The third-order valence-electron chi connectivity index (χ3n) is 14.3. The van der Waals surface area contributed by atoms with Gasteiger partial charge >= 0.3 is 11.9 Å². The van der Waals surface area contributed by atoms with Crippen molar-refractivity contribution >= 4 is 18.0 Å². The molecule has 4 aromatic rings. The minimum absolute atomic E-state index is 0.0816. The molecule has 414 valence electrons. The number of ether oxygens (including phenoxy) is 12. The van der Waals surface area contributed by atoms with E-state index in [0.29, 0.717) is 40.1 Å². The van der Waals surface area contributed by atoms with Crippen LogP contribution in [0.25, 0.3) is 10.9 Å². The van der Waals surface area contributed by atoms with Crippen LogP contribution in [0.3, 0.4) is 0 Å². The molecule has 7 atom stereocenters. The number of hydrogen-bond donors (Lipinski definition) is 1. The first-order valence-corrected chi connectivity index (χ1v) is 24.8. The van der Waals surface area contributed by atoms with E-state index in [2.05, 4.69) is 36.7 Å². The minimum Gasteiger partial charge on any atom is -0.632 e. The Labute approximate surface area is 447 Å². The van der Waals surface area contributed by atoms with Crippen molar-refractivity contribution in [3.63, 3.8) is 0 Å². The summed E-state index contributed by atoms with van der Waals surface area (Å²) >= 11 is 0. The van der Waals surface area contributed by atoms with Crippen LogP contribution in [0, 0.1) is 17.7 Å². The molecule has 0 saturated carbocycles. The highest BCUT2D eigenvalue weighted by Gasteiger charge is 2.61. The van der Waals surface area contributed by atoms with Gasteiger partial charge in [-0.1, -0.05) is 19.9 Å². The summed E-state index contributed by atoms with van der Waals surface area (Å²) in [5, 5.41) is 24.5. The Kier molecular flexibility index (Phi) is 21.3. The van der Waals surface area contributed by atoms with Crippen LogP contribution in [0.1, 0.15) is 66.6 Å². The molecule has 4 unspecified atom stereocenters. The van der Waals surface area contributed by atoms with Gasteiger partial charge in [0.1, 0.15) is 24.3 Å². The number of benzene rings is 4. The Balaban J connectivity index is 0.000000291. The number of carbonyl (C=O) groups excluding carboxylic acids is 2. The van der Waals surface area contributed by atoms with E-state index in [1.54, 1.807) is 40.6 Å². The number of quaternary nitrogens is 1. The predicted octanol–water partition coefficient (Wildman–Crippen LogP) is 8.18. The van der Waals surface area contributed by atoms with Gasteiger partial charge in [-0.05, 0) is 98.2 Å². The third-order valence-corrected chi connectivity index (χ3v) is 14.3. The number of rotatable bonds is 24. The first-order chi connectivity index (χ1) is 36.4. The molecule has 19 nitrogen and oxygen atoms in total. The monoisotopic (exact) mass is 1060 g/mol. The van der Waals surface area contributed by atoms with Gasteiger partial charge in [-0.25, -0.2) is 16.2 Å². The average Bonchev–Trinajstić information content (AvgIpc) is 3.50. The van der Waals surface area contributed by atoms with Gasteiger partial charge in [0.15, 0.2) is 52.1 Å². The summed E-state index contributed by atoms with van der Waals surface area (Å²) in [7, 11) is 18.9. The molecule has 0 aromatic heterocycles. The van der Waals surface area contributed by atoms with Crippen LogP contribution in [0.2, 0.25) is 0 Å². The average molecular weight is 1060 g/mol. The normalized spacial score (nSPS) is 20.3. The van der Waals surface area contributed by atoms with E-state index in [0.717, 1.165) is 49.4 Å². The molecule has 6 rings (SSSR count). The van der Waals surface area contributed by atoms with Gasteiger partial charge in [0, 0.05) is 43.4 Å². The molecular formula is C57H75N3O16. The molecule has 76 heavy (non-hydrogen) atoms. The Hall–Kier alpha value is -7.11. The van der Waals surface area contributed by atoms with Crippen molar-refractivity contribution in [3.05, 3.63) is 106 Å². The number of methoxy groups -OCH3 is 10. The van der Waals surface area contributed by atoms with E-state index in [-0.39, 0.29) is 35.8 Å². The molecule has 2 saturated heterocycles. The number of hydrogen-bond acceptors (Lipinski definition) is 17. The van der Waals surface area contributed by atoms with Gasteiger partial charge in [0.25, 0.3) is 5.54 Å². The fourth-order valence-corrected chi connectivity index (χ4v) is 10.0. The fourth-order valence-electron chi connectivity index (χ4n) is 10.0. The maximum Gasteiger partial charge on any atom is 0.338 e. The molecule has 19 heteroatoms. The van der Waals surface area contributed by atoms with Crippen molar-refractivity contribution in [1.29, 1.82) is 0 Å². The van der Waals surface area contributed by atoms with Crippen molar-refractivity contribution in [2.24, 2.45) is 5.92 Å².